The van der Waals surface area contributed by atoms with Gasteiger partial charge in [-0.2, -0.15) is 5.10 Å². The SMILES string of the molecule is CN(C)c1n[nH]c2ccncc12. The van der Waals surface area contributed by atoms with Crippen LogP contribution in [0, 0.1) is 0 Å². The molecule has 0 unspecified atom stereocenters. The number of fused-ring (bicyclic) bond motifs is 1. The first-order valence-corrected chi connectivity index (χ1v) is 3.74. The maximum Gasteiger partial charge on any atom is 0.159 e. The molecule has 1 N–H and O–H groups in total. The van der Waals surface area contributed by atoms with E-state index in [9.17, 15) is 0 Å². The number of hydrogen-bond acceptors (Lipinski definition) is 3. The average Bonchev–Trinajstić information content (AvgIpc) is 2.47. The van der Waals surface area contributed by atoms with E-state index in [1.165, 1.54) is 0 Å². The van der Waals surface area contributed by atoms with Gasteiger partial charge in [0.05, 0.1) is 10.9 Å². The van der Waals surface area contributed by atoms with Gasteiger partial charge >= 0.3 is 0 Å². The maximum atomic E-state index is 4.16. The molecular formula is C8H10N4. The minimum Gasteiger partial charge on any atom is -0.361 e. The quantitative estimate of drug-likeness (QED) is 0.681. The molecule has 2 rings (SSSR count). The van der Waals surface area contributed by atoms with Gasteiger partial charge in [-0.25, -0.2) is 0 Å². The molecular weight excluding hydrogens is 152 g/mol. The second-order valence-corrected chi connectivity index (χ2v) is 2.86. The molecule has 0 atom stereocenters. The molecule has 0 aliphatic heterocycles. The van der Waals surface area contributed by atoms with Crippen LogP contribution in [-0.4, -0.2) is 29.3 Å². The van der Waals surface area contributed by atoms with Crippen LogP contribution in [0.2, 0.25) is 0 Å². The largest absolute Gasteiger partial charge is 0.361 e. The number of nitrogens with zero attached hydrogens (tertiary/aromatic N) is 3. The molecule has 0 radical (unpaired) electrons. The van der Waals surface area contributed by atoms with E-state index in [1.807, 2.05) is 31.3 Å². The summed E-state index contributed by atoms with van der Waals surface area (Å²) in [5.74, 6) is 0.929. The van der Waals surface area contributed by atoms with E-state index in [0.29, 0.717) is 0 Å². The normalized spacial score (nSPS) is 10.5. The van der Waals surface area contributed by atoms with Crippen molar-refractivity contribution >= 4 is 16.7 Å². The van der Waals surface area contributed by atoms with E-state index in [4.69, 9.17) is 0 Å². The van der Waals surface area contributed by atoms with Gasteiger partial charge in [-0.05, 0) is 6.07 Å². The minimum atomic E-state index is 0.929. The second-order valence-electron chi connectivity index (χ2n) is 2.86. The lowest BCUT2D eigenvalue weighted by Gasteiger charge is -2.06. The van der Waals surface area contributed by atoms with Gasteiger partial charge in [-0.1, -0.05) is 0 Å². The summed E-state index contributed by atoms with van der Waals surface area (Å²) >= 11 is 0. The van der Waals surface area contributed by atoms with Crippen molar-refractivity contribution < 1.29 is 0 Å². The lowest BCUT2D eigenvalue weighted by atomic mass is 10.3. The molecule has 2 aromatic heterocycles. The Kier molecular flexibility index (Phi) is 1.46. The number of aromatic amines is 1. The molecule has 2 aromatic rings. The highest BCUT2D eigenvalue weighted by Gasteiger charge is 2.05. The zero-order chi connectivity index (χ0) is 8.55. The number of anilines is 1. The number of nitrogens with one attached hydrogen (secondary N) is 1. The van der Waals surface area contributed by atoms with Crippen molar-refractivity contribution in [2.75, 3.05) is 19.0 Å². The number of H-pyrrole nitrogens is 1. The Hall–Kier alpha value is -1.58. The van der Waals surface area contributed by atoms with Gasteiger partial charge in [-0.3, -0.25) is 10.1 Å². The van der Waals surface area contributed by atoms with Crippen LogP contribution in [-0.2, 0) is 0 Å². The van der Waals surface area contributed by atoms with Crippen molar-refractivity contribution in [3.05, 3.63) is 18.5 Å². The highest BCUT2D eigenvalue weighted by molar-refractivity contribution is 5.88. The zero-order valence-electron chi connectivity index (χ0n) is 7.07. The van der Waals surface area contributed by atoms with Crippen LogP contribution in [0.1, 0.15) is 0 Å². The molecule has 0 aliphatic rings. The van der Waals surface area contributed by atoms with Gasteiger partial charge in [0.2, 0.25) is 0 Å². The highest BCUT2D eigenvalue weighted by atomic mass is 15.2. The second kappa shape index (κ2) is 2.48. The molecule has 4 nitrogen and oxygen atoms in total. The summed E-state index contributed by atoms with van der Waals surface area (Å²) in [5.41, 5.74) is 1.02. The van der Waals surface area contributed by atoms with Crippen LogP contribution in [0.5, 0.6) is 0 Å². The van der Waals surface area contributed by atoms with Crippen LogP contribution in [0.4, 0.5) is 5.82 Å². The van der Waals surface area contributed by atoms with Crippen LogP contribution in [0.3, 0.4) is 0 Å². The molecule has 12 heavy (non-hydrogen) atoms. The molecule has 0 aliphatic carbocycles. The van der Waals surface area contributed by atoms with Gasteiger partial charge in [0.25, 0.3) is 0 Å². The van der Waals surface area contributed by atoms with Gasteiger partial charge in [0.1, 0.15) is 0 Å². The topological polar surface area (TPSA) is 44.8 Å². The van der Waals surface area contributed by atoms with E-state index < -0.39 is 0 Å². The molecule has 0 amide bonds. The zero-order valence-corrected chi connectivity index (χ0v) is 7.07. The Morgan fingerprint density at radius 1 is 1.42 bits per heavy atom. The number of aromatic nitrogens is 3. The standard InChI is InChI=1S/C8H10N4/c1-12(2)8-6-5-9-4-3-7(6)10-11-8/h3-5H,1-2H3,(H,10,11). The maximum absolute atomic E-state index is 4.16. The lowest BCUT2D eigenvalue weighted by molar-refractivity contribution is 1.02. The third-order valence-corrected chi connectivity index (χ3v) is 1.77. The molecule has 0 saturated heterocycles. The molecule has 0 aromatic carbocycles. The first kappa shape index (κ1) is 7.09. The fraction of sp³-hybridized carbons (Fsp3) is 0.250. The third-order valence-electron chi connectivity index (χ3n) is 1.77. The average molecular weight is 162 g/mol. The summed E-state index contributed by atoms with van der Waals surface area (Å²) in [6.07, 6.45) is 3.56. The fourth-order valence-corrected chi connectivity index (χ4v) is 1.18. The number of rotatable bonds is 1. The van der Waals surface area contributed by atoms with Crippen molar-refractivity contribution in [3.8, 4) is 0 Å². The van der Waals surface area contributed by atoms with Crippen molar-refractivity contribution in [1.82, 2.24) is 15.2 Å². The third kappa shape index (κ3) is 0.922. The summed E-state index contributed by atoms with van der Waals surface area (Å²) in [7, 11) is 3.92. The summed E-state index contributed by atoms with van der Waals surface area (Å²) in [5, 5.41) is 8.15. The van der Waals surface area contributed by atoms with Crippen molar-refractivity contribution in [2.24, 2.45) is 0 Å². The van der Waals surface area contributed by atoms with Crippen LogP contribution < -0.4 is 4.90 Å². The smallest absolute Gasteiger partial charge is 0.159 e. The molecule has 0 fully saturated rings. The Morgan fingerprint density at radius 3 is 3.00 bits per heavy atom. The minimum absolute atomic E-state index is 0.929. The lowest BCUT2D eigenvalue weighted by Crippen LogP contribution is -2.09. The van der Waals surface area contributed by atoms with Gasteiger partial charge in [-0.15, -0.1) is 0 Å². The Labute approximate surface area is 70.2 Å². The monoisotopic (exact) mass is 162 g/mol. The first-order valence-electron chi connectivity index (χ1n) is 3.74. The predicted octanol–water partition coefficient (Wildman–Crippen LogP) is 1.02. The van der Waals surface area contributed by atoms with Crippen LogP contribution in [0.15, 0.2) is 18.5 Å². The van der Waals surface area contributed by atoms with E-state index in [1.54, 1.807) is 6.20 Å². The van der Waals surface area contributed by atoms with Crippen LogP contribution >= 0.6 is 0 Å². The molecule has 0 spiro atoms. The molecule has 2 heterocycles. The van der Waals surface area contributed by atoms with E-state index in [-0.39, 0.29) is 0 Å². The Bertz CT molecular complexity index is 391. The molecule has 0 saturated carbocycles. The Morgan fingerprint density at radius 2 is 2.25 bits per heavy atom. The van der Waals surface area contributed by atoms with Crippen molar-refractivity contribution in [1.29, 1.82) is 0 Å². The van der Waals surface area contributed by atoms with E-state index >= 15 is 0 Å². The summed E-state index contributed by atoms with van der Waals surface area (Å²) in [4.78, 5) is 6.00. The molecule has 62 valence electrons. The highest BCUT2D eigenvalue weighted by Crippen LogP contribution is 2.19. The molecule has 0 bridgehead atoms. The fourth-order valence-electron chi connectivity index (χ4n) is 1.18. The van der Waals surface area contributed by atoms with Crippen molar-refractivity contribution in [3.63, 3.8) is 0 Å². The number of pyridine rings is 1. The van der Waals surface area contributed by atoms with Crippen molar-refractivity contribution in [2.45, 2.75) is 0 Å². The summed E-state index contributed by atoms with van der Waals surface area (Å²) < 4.78 is 0. The van der Waals surface area contributed by atoms with Gasteiger partial charge in [0.15, 0.2) is 5.82 Å². The predicted molar refractivity (Wildman–Crippen MR) is 48.2 cm³/mol. The van der Waals surface area contributed by atoms with E-state index in [2.05, 4.69) is 15.2 Å². The van der Waals surface area contributed by atoms with Gasteiger partial charge in [0, 0.05) is 26.5 Å². The van der Waals surface area contributed by atoms with Crippen LogP contribution in [0.25, 0.3) is 10.9 Å². The first-order chi connectivity index (χ1) is 5.79. The van der Waals surface area contributed by atoms with Gasteiger partial charge < -0.3 is 4.90 Å². The summed E-state index contributed by atoms with van der Waals surface area (Å²) in [6.45, 7) is 0. The Balaban J connectivity index is 2.70. The number of hydrogen-bond donors (Lipinski definition) is 1. The summed E-state index contributed by atoms with van der Waals surface area (Å²) in [6, 6.07) is 1.91. The molecule has 4 heteroatoms. The van der Waals surface area contributed by atoms with E-state index in [0.717, 1.165) is 16.7 Å².